The van der Waals surface area contributed by atoms with E-state index in [-0.39, 0.29) is 6.61 Å². The summed E-state index contributed by atoms with van der Waals surface area (Å²) >= 11 is 0. The second-order valence-corrected chi connectivity index (χ2v) is 7.76. The van der Waals surface area contributed by atoms with Gasteiger partial charge in [-0.25, -0.2) is 0 Å². The van der Waals surface area contributed by atoms with E-state index in [2.05, 4.69) is 9.80 Å². The summed E-state index contributed by atoms with van der Waals surface area (Å²) in [4.78, 5) is 17.4. The molecule has 2 heterocycles. The van der Waals surface area contributed by atoms with E-state index >= 15 is 0 Å². The predicted molar refractivity (Wildman–Crippen MR) is 93.8 cm³/mol. The minimum absolute atomic E-state index is 0.200. The molecule has 138 valence electrons. The number of likely N-dealkylation sites (tertiary alicyclic amines) is 2. The third-order valence-corrected chi connectivity index (χ3v) is 6.11. The Morgan fingerprint density at radius 1 is 1.00 bits per heavy atom. The van der Waals surface area contributed by atoms with Crippen LogP contribution in [0.4, 0.5) is 0 Å². The van der Waals surface area contributed by atoms with E-state index in [9.17, 15) is 4.79 Å². The molecular weight excluding hydrogens is 304 g/mol. The van der Waals surface area contributed by atoms with Crippen molar-refractivity contribution < 1.29 is 14.6 Å². The molecule has 1 amide bonds. The average molecular weight is 338 g/mol. The SMILES string of the molecule is O=C(CN1CCC(OCCCO)CC1)N1CCCC2CCCCC21. The maximum absolute atomic E-state index is 12.8. The first-order chi connectivity index (χ1) is 11.8. The molecule has 2 saturated heterocycles. The maximum atomic E-state index is 12.8. The van der Waals surface area contributed by atoms with Crippen LogP contribution < -0.4 is 0 Å². The van der Waals surface area contributed by atoms with Crippen LogP contribution in [0.3, 0.4) is 0 Å². The van der Waals surface area contributed by atoms with Crippen LogP contribution in [0.2, 0.25) is 0 Å². The van der Waals surface area contributed by atoms with Crippen LogP contribution in [0.15, 0.2) is 0 Å². The maximum Gasteiger partial charge on any atom is 0.237 e. The number of fused-ring (bicyclic) bond motifs is 1. The van der Waals surface area contributed by atoms with E-state index in [1.807, 2.05) is 0 Å². The predicted octanol–water partition coefficient (Wildman–Crippen LogP) is 2.03. The third-order valence-electron chi connectivity index (χ3n) is 6.11. The molecule has 2 atom stereocenters. The monoisotopic (exact) mass is 338 g/mol. The number of carbonyl (C=O) groups excluding carboxylic acids is 1. The van der Waals surface area contributed by atoms with Gasteiger partial charge in [0.1, 0.15) is 0 Å². The lowest BCUT2D eigenvalue weighted by Crippen LogP contribution is -2.53. The highest BCUT2D eigenvalue weighted by molar-refractivity contribution is 5.78. The molecule has 1 saturated carbocycles. The van der Waals surface area contributed by atoms with Crippen LogP contribution in [-0.2, 0) is 9.53 Å². The Morgan fingerprint density at radius 3 is 2.54 bits per heavy atom. The minimum Gasteiger partial charge on any atom is -0.396 e. The molecule has 1 aliphatic carbocycles. The molecule has 3 aliphatic rings. The van der Waals surface area contributed by atoms with Crippen molar-refractivity contribution >= 4 is 5.91 Å². The molecule has 0 radical (unpaired) electrons. The zero-order valence-electron chi connectivity index (χ0n) is 15.0. The van der Waals surface area contributed by atoms with E-state index < -0.39 is 0 Å². The molecule has 0 aromatic heterocycles. The first-order valence-electron chi connectivity index (χ1n) is 10.0. The number of hydrogen-bond acceptors (Lipinski definition) is 4. The quantitative estimate of drug-likeness (QED) is 0.753. The molecule has 2 aliphatic heterocycles. The molecule has 0 aromatic carbocycles. The Kier molecular flexibility index (Phi) is 6.93. The van der Waals surface area contributed by atoms with Gasteiger partial charge >= 0.3 is 0 Å². The first-order valence-corrected chi connectivity index (χ1v) is 10.0. The Balaban J connectivity index is 1.42. The second-order valence-electron chi connectivity index (χ2n) is 7.76. The molecule has 0 aromatic rings. The smallest absolute Gasteiger partial charge is 0.237 e. The molecule has 0 spiro atoms. The Bertz CT molecular complexity index is 394. The fraction of sp³-hybridized carbons (Fsp3) is 0.947. The van der Waals surface area contributed by atoms with E-state index in [0.717, 1.165) is 44.8 Å². The van der Waals surface area contributed by atoms with Crippen molar-refractivity contribution in [3.05, 3.63) is 0 Å². The molecule has 5 heteroatoms. The van der Waals surface area contributed by atoms with Crippen molar-refractivity contribution in [2.75, 3.05) is 39.4 Å². The van der Waals surface area contributed by atoms with Gasteiger partial charge in [0.2, 0.25) is 5.91 Å². The van der Waals surface area contributed by atoms with Crippen LogP contribution in [0.5, 0.6) is 0 Å². The number of amides is 1. The third kappa shape index (κ3) is 4.70. The lowest BCUT2D eigenvalue weighted by Gasteiger charge is -2.45. The lowest BCUT2D eigenvalue weighted by atomic mass is 9.78. The fourth-order valence-electron chi connectivity index (χ4n) is 4.77. The number of nitrogens with zero attached hydrogens (tertiary/aromatic N) is 2. The van der Waals surface area contributed by atoms with Gasteiger partial charge in [-0.2, -0.15) is 0 Å². The van der Waals surface area contributed by atoms with Gasteiger partial charge in [0.25, 0.3) is 0 Å². The number of ether oxygens (including phenoxy) is 1. The van der Waals surface area contributed by atoms with Crippen LogP contribution >= 0.6 is 0 Å². The lowest BCUT2D eigenvalue weighted by molar-refractivity contribution is -0.139. The van der Waals surface area contributed by atoms with Crippen LogP contribution in [0, 0.1) is 5.92 Å². The summed E-state index contributed by atoms with van der Waals surface area (Å²) < 4.78 is 5.78. The summed E-state index contributed by atoms with van der Waals surface area (Å²) in [5, 5.41) is 8.81. The molecule has 1 N–H and O–H groups in total. The van der Waals surface area contributed by atoms with Gasteiger partial charge in [-0.15, -0.1) is 0 Å². The zero-order chi connectivity index (χ0) is 16.8. The van der Waals surface area contributed by atoms with Gasteiger partial charge in [0, 0.05) is 38.9 Å². The highest BCUT2D eigenvalue weighted by Gasteiger charge is 2.36. The van der Waals surface area contributed by atoms with Crippen molar-refractivity contribution in [1.82, 2.24) is 9.80 Å². The van der Waals surface area contributed by atoms with Crippen molar-refractivity contribution in [2.45, 2.75) is 69.9 Å². The molecule has 24 heavy (non-hydrogen) atoms. The van der Waals surface area contributed by atoms with Crippen molar-refractivity contribution in [3.8, 4) is 0 Å². The summed E-state index contributed by atoms with van der Waals surface area (Å²) in [6.07, 6.45) is 10.7. The number of aliphatic hydroxyl groups excluding tert-OH is 1. The van der Waals surface area contributed by atoms with Crippen molar-refractivity contribution in [1.29, 1.82) is 0 Å². The Labute approximate surface area is 146 Å². The van der Waals surface area contributed by atoms with Crippen LogP contribution in [0.1, 0.15) is 57.8 Å². The first kappa shape index (κ1) is 18.2. The van der Waals surface area contributed by atoms with Crippen molar-refractivity contribution in [3.63, 3.8) is 0 Å². The van der Waals surface area contributed by atoms with Gasteiger partial charge in [-0.05, 0) is 50.9 Å². The summed E-state index contributed by atoms with van der Waals surface area (Å²) in [6.45, 7) is 4.32. The number of piperidine rings is 2. The van der Waals surface area contributed by atoms with Gasteiger partial charge in [-0.3, -0.25) is 9.69 Å². The molecule has 2 unspecified atom stereocenters. The van der Waals surface area contributed by atoms with Crippen molar-refractivity contribution in [2.24, 2.45) is 5.92 Å². The van der Waals surface area contributed by atoms with E-state index in [4.69, 9.17) is 9.84 Å². The number of hydrogen-bond donors (Lipinski definition) is 1. The molecule has 5 nitrogen and oxygen atoms in total. The number of rotatable bonds is 6. The fourth-order valence-corrected chi connectivity index (χ4v) is 4.77. The molecule has 3 fully saturated rings. The molecule has 0 bridgehead atoms. The summed E-state index contributed by atoms with van der Waals surface area (Å²) in [5.74, 6) is 1.12. The molecular formula is C19H34N2O3. The van der Waals surface area contributed by atoms with Crippen LogP contribution in [0.25, 0.3) is 0 Å². The van der Waals surface area contributed by atoms with Gasteiger partial charge in [0.05, 0.1) is 12.6 Å². The van der Waals surface area contributed by atoms with E-state index in [1.165, 1.54) is 38.5 Å². The number of aliphatic hydroxyl groups is 1. The van der Waals surface area contributed by atoms with Gasteiger partial charge in [-0.1, -0.05) is 12.8 Å². The Hall–Kier alpha value is -0.650. The summed E-state index contributed by atoms with van der Waals surface area (Å²) in [7, 11) is 0. The largest absolute Gasteiger partial charge is 0.396 e. The molecule has 3 rings (SSSR count). The summed E-state index contributed by atoms with van der Waals surface area (Å²) in [6, 6.07) is 0.527. The highest BCUT2D eigenvalue weighted by atomic mass is 16.5. The minimum atomic E-state index is 0.200. The van der Waals surface area contributed by atoms with E-state index in [1.54, 1.807) is 0 Å². The summed E-state index contributed by atoms with van der Waals surface area (Å²) in [5.41, 5.74) is 0. The van der Waals surface area contributed by atoms with E-state index in [0.29, 0.717) is 31.2 Å². The highest BCUT2D eigenvalue weighted by Crippen LogP contribution is 2.35. The number of carbonyl (C=O) groups is 1. The average Bonchev–Trinajstić information content (AvgIpc) is 2.63. The normalized spacial score (nSPS) is 29.5. The zero-order valence-corrected chi connectivity index (χ0v) is 15.0. The van der Waals surface area contributed by atoms with Gasteiger partial charge < -0.3 is 14.7 Å². The Morgan fingerprint density at radius 2 is 1.75 bits per heavy atom. The van der Waals surface area contributed by atoms with Crippen LogP contribution in [-0.4, -0.2) is 72.4 Å². The topological polar surface area (TPSA) is 53.0 Å². The van der Waals surface area contributed by atoms with Gasteiger partial charge in [0.15, 0.2) is 0 Å². The second kappa shape index (κ2) is 9.16. The standard InChI is InChI=1S/C19H34N2O3/c22-13-4-14-24-17-8-11-20(12-9-17)15-19(23)21-10-3-6-16-5-1-2-7-18(16)21/h16-18,22H,1-15H2.